The van der Waals surface area contributed by atoms with Crippen LogP contribution in [0, 0.1) is 5.82 Å². The SMILES string of the molecule is NCCCN(C(=O)c1ccccc1O)c1ccccc1F. The van der Waals surface area contributed by atoms with E-state index in [-0.39, 0.29) is 23.5 Å². The maximum atomic E-state index is 14.0. The molecule has 0 unspecified atom stereocenters. The Labute approximate surface area is 122 Å². The first-order valence-electron chi connectivity index (χ1n) is 6.69. The standard InChI is InChI=1S/C16H17FN2O2/c17-13-7-2-3-8-14(13)19(11-5-10-18)16(21)12-6-1-4-9-15(12)20/h1-4,6-9,20H,5,10-11,18H2. The topological polar surface area (TPSA) is 66.6 Å². The summed E-state index contributed by atoms with van der Waals surface area (Å²) in [5, 5.41) is 9.81. The second-order valence-electron chi connectivity index (χ2n) is 4.57. The molecule has 0 radical (unpaired) electrons. The number of anilines is 1. The van der Waals surface area contributed by atoms with Crippen LogP contribution < -0.4 is 10.6 Å². The number of amides is 1. The highest BCUT2D eigenvalue weighted by Crippen LogP contribution is 2.24. The summed E-state index contributed by atoms with van der Waals surface area (Å²) in [6.07, 6.45) is 0.535. The molecule has 0 aliphatic carbocycles. The fourth-order valence-corrected chi connectivity index (χ4v) is 2.05. The van der Waals surface area contributed by atoms with Crippen molar-refractivity contribution in [3.8, 4) is 5.75 Å². The molecule has 0 spiro atoms. The maximum Gasteiger partial charge on any atom is 0.262 e. The van der Waals surface area contributed by atoms with Crippen LogP contribution in [0.4, 0.5) is 10.1 Å². The number of phenols is 1. The van der Waals surface area contributed by atoms with Crippen LogP contribution in [0.25, 0.3) is 0 Å². The van der Waals surface area contributed by atoms with Crippen LogP contribution in [0.15, 0.2) is 48.5 Å². The maximum absolute atomic E-state index is 14.0. The Hall–Kier alpha value is -2.40. The zero-order chi connectivity index (χ0) is 15.2. The van der Waals surface area contributed by atoms with E-state index in [0.717, 1.165) is 0 Å². The molecule has 1 amide bonds. The van der Waals surface area contributed by atoms with Gasteiger partial charge >= 0.3 is 0 Å². The predicted octanol–water partition coefficient (Wildman–Crippen LogP) is 2.53. The summed E-state index contributed by atoms with van der Waals surface area (Å²) in [6.45, 7) is 0.670. The van der Waals surface area contributed by atoms with Crippen LogP contribution in [-0.4, -0.2) is 24.1 Å². The van der Waals surface area contributed by atoms with Crippen molar-refractivity contribution in [1.82, 2.24) is 0 Å². The van der Waals surface area contributed by atoms with Crippen LogP contribution in [0.3, 0.4) is 0 Å². The highest BCUT2D eigenvalue weighted by atomic mass is 19.1. The normalized spacial score (nSPS) is 10.4. The van der Waals surface area contributed by atoms with E-state index in [1.165, 1.54) is 29.2 Å². The van der Waals surface area contributed by atoms with Gasteiger partial charge in [-0.2, -0.15) is 0 Å². The van der Waals surface area contributed by atoms with Crippen molar-refractivity contribution in [3.63, 3.8) is 0 Å². The summed E-state index contributed by atoms with van der Waals surface area (Å²) in [7, 11) is 0. The molecule has 0 saturated heterocycles. The third kappa shape index (κ3) is 3.38. The van der Waals surface area contributed by atoms with Gasteiger partial charge in [0, 0.05) is 6.54 Å². The molecule has 0 aromatic heterocycles. The molecule has 4 nitrogen and oxygen atoms in total. The minimum Gasteiger partial charge on any atom is -0.507 e. The minimum absolute atomic E-state index is 0.128. The number of para-hydroxylation sites is 2. The molecule has 2 rings (SSSR count). The average molecular weight is 288 g/mol. The van der Waals surface area contributed by atoms with Crippen molar-refractivity contribution >= 4 is 11.6 Å². The number of halogens is 1. The van der Waals surface area contributed by atoms with E-state index in [9.17, 15) is 14.3 Å². The zero-order valence-electron chi connectivity index (χ0n) is 11.5. The predicted molar refractivity (Wildman–Crippen MR) is 79.9 cm³/mol. The van der Waals surface area contributed by atoms with Gasteiger partial charge in [0.2, 0.25) is 0 Å². The smallest absolute Gasteiger partial charge is 0.262 e. The Bertz CT molecular complexity index is 631. The van der Waals surface area contributed by atoms with Crippen molar-refractivity contribution in [2.45, 2.75) is 6.42 Å². The Balaban J connectivity index is 2.39. The first kappa shape index (κ1) is 15.0. The van der Waals surface area contributed by atoms with E-state index in [1.807, 2.05) is 0 Å². The van der Waals surface area contributed by atoms with Gasteiger partial charge < -0.3 is 15.7 Å². The van der Waals surface area contributed by atoms with Gasteiger partial charge in [-0.1, -0.05) is 24.3 Å². The largest absolute Gasteiger partial charge is 0.507 e. The Morgan fingerprint density at radius 3 is 2.48 bits per heavy atom. The van der Waals surface area contributed by atoms with Crippen molar-refractivity contribution in [2.24, 2.45) is 5.73 Å². The third-order valence-corrected chi connectivity index (χ3v) is 3.11. The lowest BCUT2D eigenvalue weighted by Crippen LogP contribution is -2.33. The monoisotopic (exact) mass is 288 g/mol. The molecule has 2 aromatic carbocycles. The van der Waals surface area contributed by atoms with Gasteiger partial charge in [-0.15, -0.1) is 0 Å². The Morgan fingerprint density at radius 2 is 1.81 bits per heavy atom. The molecule has 0 heterocycles. The van der Waals surface area contributed by atoms with E-state index < -0.39 is 11.7 Å². The molecule has 0 bridgehead atoms. The summed E-state index contributed by atoms with van der Waals surface area (Å²) in [5.74, 6) is -1.07. The van der Waals surface area contributed by atoms with Gasteiger partial charge in [-0.25, -0.2) is 4.39 Å². The summed E-state index contributed by atoms with van der Waals surface area (Å²) >= 11 is 0. The fourth-order valence-electron chi connectivity index (χ4n) is 2.05. The molecular weight excluding hydrogens is 271 g/mol. The van der Waals surface area contributed by atoms with Crippen molar-refractivity contribution < 1.29 is 14.3 Å². The number of hydrogen-bond acceptors (Lipinski definition) is 3. The summed E-state index contributed by atoms with van der Waals surface area (Å²) < 4.78 is 14.0. The number of carbonyl (C=O) groups is 1. The van der Waals surface area contributed by atoms with E-state index in [1.54, 1.807) is 24.3 Å². The average Bonchev–Trinajstić information content (AvgIpc) is 2.49. The molecule has 0 fully saturated rings. The number of carbonyl (C=O) groups excluding carboxylic acids is 1. The quantitative estimate of drug-likeness (QED) is 0.888. The number of phenolic OH excluding ortho intramolecular Hbond substituents is 1. The van der Waals surface area contributed by atoms with E-state index in [2.05, 4.69) is 0 Å². The zero-order valence-corrected chi connectivity index (χ0v) is 11.5. The highest BCUT2D eigenvalue weighted by Gasteiger charge is 2.22. The van der Waals surface area contributed by atoms with Gasteiger partial charge in [-0.05, 0) is 37.2 Å². The van der Waals surface area contributed by atoms with Crippen molar-refractivity contribution in [2.75, 3.05) is 18.0 Å². The van der Waals surface area contributed by atoms with Crippen LogP contribution in [0.2, 0.25) is 0 Å². The lowest BCUT2D eigenvalue weighted by Gasteiger charge is -2.23. The van der Waals surface area contributed by atoms with E-state index in [4.69, 9.17) is 5.73 Å². The molecule has 21 heavy (non-hydrogen) atoms. The van der Waals surface area contributed by atoms with E-state index in [0.29, 0.717) is 13.0 Å². The molecule has 0 aliphatic heterocycles. The number of nitrogens with zero attached hydrogens (tertiary/aromatic N) is 1. The number of aromatic hydroxyl groups is 1. The van der Waals surface area contributed by atoms with Crippen molar-refractivity contribution in [3.05, 3.63) is 59.9 Å². The van der Waals surface area contributed by atoms with Crippen LogP contribution in [-0.2, 0) is 0 Å². The molecule has 0 saturated carbocycles. The van der Waals surface area contributed by atoms with Crippen LogP contribution in [0.1, 0.15) is 16.8 Å². The number of benzene rings is 2. The number of nitrogens with two attached hydrogens (primary N) is 1. The van der Waals surface area contributed by atoms with Gasteiger partial charge in [0.25, 0.3) is 5.91 Å². The summed E-state index contributed by atoms with van der Waals surface area (Å²) in [4.78, 5) is 13.9. The fraction of sp³-hybridized carbons (Fsp3) is 0.188. The van der Waals surface area contributed by atoms with E-state index >= 15 is 0 Å². The second-order valence-corrected chi connectivity index (χ2v) is 4.57. The number of hydrogen-bond donors (Lipinski definition) is 2. The Morgan fingerprint density at radius 1 is 1.14 bits per heavy atom. The van der Waals surface area contributed by atoms with Gasteiger partial charge in [0.15, 0.2) is 0 Å². The molecule has 110 valence electrons. The molecule has 3 N–H and O–H groups in total. The Kier molecular flexibility index (Phi) is 4.90. The summed E-state index contributed by atoms with van der Waals surface area (Å²) in [5.41, 5.74) is 5.80. The summed E-state index contributed by atoms with van der Waals surface area (Å²) in [6, 6.07) is 12.3. The molecule has 5 heteroatoms. The molecule has 0 atom stereocenters. The van der Waals surface area contributed by atoms with Gasteiger partial charge in [0.05, 0.1) is 11.3 Å². The molecule has 2 aromatic rings. The minimum atomic E-state index is -0.488. The highest BCUT2D eigenvalue weighted by molar-refractivity contribution is 6.07. The van der Waals surface area contributed by atoms with Gasteiger partial charge in [0.1, 0.15) is 11.6 Å². The molecular formula is C16H17FN2O2. The third-order valence-electron chi connectivity index (χ3n) is 3.11. The van der Waals surface area contributed by atoms with Gasteiger partial charge in [-0.3, -0.25) is 4.79 Å². The second kappa shape index (κ2) is 6.85. The van der Waals surface area contributed by atoms with Crippen LogP contribution in [0.5, 0.6) is 5.75 Å². The lowest BCUT2D eigenvalue weighted by atomic mass is 10.1. The molecule has 0 aliphatic rings. The number of rotatable bonds is 5. The van der Waals surface area contributed by atoms with Crippen molar-refractivity contribution in [1.29, 1.82) is 0 Å². The first-order valence-corrected chi connectivity index (χ1v) is 6.69. The lowest BCUT2D eigenvalue weighted by molar-refractivity contribution is 0.0983. The van der Waals surface area contributed by atoms with Crippen LogP contribution >= 0.6 is 0 Å². The first-order chi connectivity index (χ1) is 10.1.